The van der Waals surface area contributed by atoms with Gasteiger partial charge in [0.25, 0.3) is 0 Å². The number of carbonyl (C=O) groups excluding carboxylic acids is 1. The van der Waals surface area contributed by atoms with E-state index in [1.54, 1.807) is 12.1 Å². The quantitative estimate of drug-likeness (QED) is 0.791. The number of carbonyl (C=O) groups is 1. The molecule has 1 unspecified atom stereocenters. The second-order valence-corrected chi connectivity index (χ2v) is 3.24. The number of nitrogens with two attached hydrogens (primary N) is 1. The first kappa shape index (κ1) is 11.5. The van der Waals surface area contributed by atoms with Crippen LogP contribution in [0.2, 0.25) is 0 Å². The Kier molecular flexibility index (Phi) is 4.12. The van der Waals surface area contributed by atoms with Gasteiger partial charge in [0, 0.05) is 0 Å². The number of ether oxygens (including phenoxy) is 1. The van der Waals surface area contributed by atoms with Gasteiger partial charge in [-0.2, -0.15) is 0 Å². The van der Waals surface area contributed by atoms with Crippen molar-refractivity contribution >= 4 is 6.09 Å². The molecule has 1 rings (SSSR count). The highest BCUT2D eigenvalue weighted by Crippen LogP contribution is 2.20. The van der Waals surface area contributed by atoms with Crippen LogP contribution in [0.25, 0.3) is 0 Å². The van der Waals surface area contributed by atoms with Gasteiger partial charge in [-0.1, -0.05) is 37.3 Å². The summed E-state index contributed by atoms with van der Waals surface area (Å²) >= 11 is 0. The number of rotatable bonds is 4. The minimum absolute atomic E-state index is 0.513. The van der Waals surface area contributed by atoms with Crippen LogP contribution in [0.3, 0.4) is 0 Å². The number of benzene rings is 1. The molecule has 15 heavy (non-hydrogen) atoms. The third kappa shape index (κ3) is 3.25. The molecule has 0 bridgehead atoms. The van der Waals surface area contributed by atoms with Crippen LogP contribution in [0.1, 0.15) is 25.0 Å². The van der Waals surface area contributed by atoms with Gasteiger partial charge in [0.15, 0.2) is 0 Å². The molecule has 0 spiro atoms. The van der Waals surface area contributed by atoms with Gasteiger partial charge in [0.2, 0.25) is 0 Å². The summed E-state index contributed by atoms with van der Waals surface area (Å²) in [6.07, 6.45) is -1.77. The second kappa shape index (κ2) is 5.36. The molecule has 3 N–H and O–H groups in total. The average molecular weight is 209 g/mol. The van der Waals surface area contributed by atoms with Crippen LogP contribution in [-0.4, -0.2) is 17.3 Å². The third-order valence-electron chi connectivity index (χ3n) is 2.16. The van der Waals surface area contributed by atoms with Gasteiger partial charge >= 0.3 is 6.09 Å². The number of aliphatic hydroxyl groups excluding tert-OH is 1. The van der Waals surface area contributed by atoms with Gasteiger partial charge in [-0.05, 0) is 12.0 Å². The molecule has 1 aromatic rings. The molecule has 0 fully saturated rings. The summed E-state index contributed by atoms with van der Waals surface area (Å²) in [7, 11) is 0. The minimum Gasteiger partial charge on any atom is -0.443 e. The summed E-state index contributed by atoms with van der Waals surface area (Å²) < 4.78 is 4.80. The Balaban J connectivity index is 2.73. The molecule has 0 aliphatic rings. The van der Waals surface area contributed by atoms with Crippen LogP contribution in [0.4, 0.5) is 4.79 Å². The molecule has 4 heteroatoms. The molecule has 0 heterocycles. The van der Waals surface area contributed by atoms with Gasteiger partial charge in [-0.25, -0.2) is 4.79 Å². The first-order chi connectivity index (χ1) is 7.15. The van der Waals surface area contributed by atoms with Crippen molar-refractivity contribution in [2.45, 2.75) is 25.6 Å². The fraction of sp³-hybridized carbons (Fsp3) is 0.364. The number of primary amides is 1. The van der Waals surface area contributed by atoms with Gasteiger partial charge in [-0.3, -0.25) is 0 Å². The normalized spacial score (nSPS) is 14.3. The molecule has 0 radical (unpaired) electrons. The molecule has 0 aliphatic carbocycles. The van der Waals surface area contributed by atoms with Crippen LogP contribution in [0.5, 0.6) is 0 Å². The molecule has 82 valence electrons. The summed E-state index contributed by atoms with van der Waals surface area (Å²) in [5.74, 6) is 0. The van der Waals surface area contributed by atoms with Crippen LogP contribution in [0.15, 0.2) is 30.3 Å². The smallest absolute Gasteiger partial charge is 0.404 e. The lowest BCUT2D eigenvalue weighted by Crippen LogP contribution is -2.27. The fourth-order valence-corrected chi connectivity index (χ4v) is 1.39. The summed E-state index contributed by atoms with van der Waals surface area (Å²) in [5, 5.41) is 9.90. The van der Waals surface area contributed by atoms with E-state index in [1.807, 2.05) is 25.1 Å². The van der Waals surface area contributed by atoms with E-state index in [9.17, 15) is 9.90 Å². The van der Waals surface area contributed by atoms with E-state index >= 15 is 0 Å². The molecule has 1 amide bonds. The van der Waals surface area contributed by atoms with E-state index in [-0.39, 0.29) is 0 Å². The van der Waals surface area contributed by atoms with Gasteiger partial charge in [0.05, 0.1) is 0 Å². The molecule has 0 aromatic heterocycles. The van der Waals surface area contributed by atoms with Gasteiger partial charge < -0.3 is 15.6 Å². The third-order valence-corrected chi connectivity index (χ3v) is 2.16. The van der Waals surface area contributed by atoms with Crippen molar-refractivity contribution < 1.29 is 14.6 Å². The van der Waals surface area contributed by atoms with Crippen molar-refractivity contribution in [3.63, 3.8) is 0 Å². The van der Waals surface area contributed by atoms with Crippen molar-refractivity contribution in [1.82, 2.24) is 0 Å². The van der Waals surface area contributed by atoms with Crippen molar-refractivity contribution in [2.75, 3.05) is 0 Å². The highest BCUT2D eigenvalue weighted by atomic mass is 16.6. The Labute approximate surface area is 88.7 Å². The molecule has 1 aromatic carbocycles. The Hall–Kier alpha value is -1.55. The van der Waals surface area contributed by atoms with Crippen molar-refractivity contribution in [2.24, 2.45) is 5.73 Å². The van der Waals surface area contributed by atoms with Crippen LogP contribution >= 0.6 is 0 Å². The van der Waals surface area contributed by atoms with Gasteiger partial charge in [-0.15, -0.1) is 0 Å². The molecule has 0 saturated carbocycles. The zero-order valence-corrected chi connectivity index (χ0v) is 8.59. The molecular formula is C11H15NO3. The van der Waals surface area contributed by atoms with Crippen molar-refractivity contribution in [1.29, 1.82) is 0 Å². The van der Waals surface area contributed by atoms with Crippen molar-refractivity contribution in [3.05, 3.63) is 35.9 Å². The van der Waals surface area contributed by atoms with E-state index < -0.39 is 18.3 Å². The molecule has 0 saturated heterocycles. The predicted molar refractivity (Wildman–Crippen MR) is 56.1 cm³/mol. The maximum Gasteiger partial charge on any atom is 0.404 e. The maximum atomic E-state index is 10.6. The van der Waals surface area contributed by atoms with E-state index in [0.29, 0.717) is 12.0 Å². The SMILES string of the molecule is CCC(OC(N)=O)[C@H](O)c1ccccc1. The maximum absolute atomic E-state index is 10.6. The highest BCUT2D eigenvalue weighted by Gasteiger charge is 2.21. The van der Waals surface area contributed by atoms with E-state index in [2.05, 4.69) is 0 Å². The first-order valence-corrected chi connectivity index (χ1v) is 4.84. The predicted octanol–water partition coefficient (Wildman–Crippen LogP) is 1.59. The highest BCUT2D eigenvalue weighted by molar-refractivity contribution is 5.64. The standard InChI is InChI=1S/C11H15NO3/c1-2-9(15-11(12)14)10(13)8-6-4-3-5-7-8/h3-7,9-10,13H,2H2,1H3,(H2,12,14)/t9?,10-/m1/s1. The van der Waals surface area contributed by atoms with Crippen LogP contribution in [-0.2, 0) is 4.74 Å². The Morgan fingerprint density at radius 3 is 2.53 bits per heavy atom. The first-order valence-electron chi connectivity index (χ1n) is 4.84. The topological polar surface area (TPSA) is 72.5 Å². The fourth-order valence-electron chi connectivity index (χ4n) is 1.39. The summed E-state index contributed by atoms with van der Waals surface area (Å²) in [6.45, 7) is 1.82. The lowest BCUT2D eigenvalue weighted by molar-refractivity contribution is 0.00337. The second-order valence-electron chi connectivity index (χ2n) is 3.24. The molecule has 4 nitrogen and oxygen atoms in total. The van der Waals surface area contributed by atoms with Crippen LogP contribution < -0.4 is 5.73 Å². The number of hydrogen-bond acceptors (Lipinski definition) is 3. The summed E-state index contributed by atoms with van der Waals surface area (Å²) in [5.41, 5.74) is 5.63. The minimum atomic E-state index is -0.864. The average Bonchev–Trinajstić information content (AvgIpc) is 2.26. The summed E-state index contributed by atoms with van der Waals surface area (Å²) in [6, 6.07) is 9.03. The monoisotopic (exact) mass is 209 g/mol. The Morgan fingerprint density at radius 2 is 2.07 bits per heavy atom. The van der Waals surface area contributed by atoms with E-state index in [0.717, 1.165) is 0 Å². The van der Waals surface area contributed by atoms with Gasteiger partial charge in [0.1, 0.15) is 12.2 Å². The molecule has 0 aliphatic heterocycles. The summed E-state index contributed by atoms with van der Waals surface area (Å²) in [4.78, 5) is 10.6. The lowest BCUT2D eigenvalue weighted by atomic mass is 10.0. The number of amides is 1. The van der Waals surface area contributed by atoms with E-state index in [4.69, 9.17) is 10.5 Å². The van der Waals surface area contributed by atoms with Crippen molar-refractivity contribution in [3.8, 4) is 0 Å². The number of hydrogen-bond donors (Lipinski definition) is 2. The Bertz CT molecular complexity index is 313. The molecular weight excluding hydrogens is 194 g/mol. The lowest BCUT2D eigenvalue weighted by Gasteiger charge is -2.21. The molecule has 2 atom stereocenters. The zero-order valence-electron chi connectivity index (χ0n) is 8.59. The largest absolute Gasteiger partial charge is 0.443 e. The Morgan fingerprint density at radius 1 is 1.47 bits per heavy atom. The van der Waals surface area contributed by atoms with Crippen LogP contribution in [0, 0.1) is 0 Å². The zero-order chi connectivity index (χ0) is 11.3. The number of aliphatic hydroxyl groups is 1. The van der Waals surface area contributed by atoms with E-state index in [1.165, 1.54) is 0 Å².